The van der Waals surface area contributed by atoms with Crippen molar-refractivity contribution in [3.8, 4) is 5.75 Å². The summed E-state index contributed by atoms with van der Waals surface area (Å²) >= 11 is 1.56. The summed E-state index contributed by atoms with van der Waals surface area (Å²) in [6.07, 6.45) is -1.36. The Hall–Kier alpha value is -3.13. The highest BCUT2D eigenvalue weighted by molar-refractivity contribution is 7.09. The van der Waals surface area contributed by atoms with Gasteiger partial charge in [-0.1, -0.05) is 24.3 Å². The zero-order valence-corrected chi connectivity index (χ0v) is 16.9. The van der Waals surface area contributed by atoms with Gasteiger partial charge >= 0.3 is 6.18 Å². The fraction of sp³-hybridized carbons (Fsp3) is 0.182. The molecule has 0 unspecified atom stereocenters. The van der Waals surface area contributed by atoms with Crippen LogP contribution in [0.25, 0.3) is 6.08 Å². The number of hydrogen-bond donors (Lipinski definition) is 1. The van der Waals surface area contributed by atoms with Crippen molar-refractivity contribution in [2.24, 2.45) is 0 Å². The third kappa shape index (κ3) is 6.45. The summed E-state index contributed by atoms with van der Waals surface area (Å²) in [7, 11) is 0. The summed E-state index contributed by atoms with van der Waals surface area (Å²) < 4.78 is 43.4. The van der Waals surface area contributed by atoms with E-state index in [1.165, 1.54) is 18.2 Å². The molecule has 0 fully saturated rings. The highest BCUT2D eigenvalue weighted by atomic mass is 32.1. The maximum atomic E-state index is 12.6. The van der Waals surface area contributed by atoms with Crippen molar-refractivity contribution in [3.63, 3.8) is 0 Å². The van der Waals surface area contributed by atoms with Crippen molar-refractivity contribution in [3.05, 3.63) is 87.4 Å². The van der Waals surface area contributed by atoms with Gasteiger partial charge in [0.15, 0.2) is 0 Å². The van der Waals surface area contributed by atoms with Crippen LogP contribution in [0.3, 0.4) is 0 Å². The van der Waals surface area contributed by atoms with Gasteiger partial charge in [0.1, 0.15) is 12.4 Å². The number of halogens is 3. The van der Waals surface area contributed by atoms with Crippen LogP contribution in [-0.2, 0) is 24.1 Å². The minimum atomic E-state index is -4.37. The summed E-state index contributed by atoms with van der Waals surface area (Å²) in [4.78, 5) is 16.3. The fourth-order valence-electron chi connectivity index (χ4n) is 2.57. The van der Waals surface area contributed by atoms with E-state index < -0.39 is 11.7 Å². The van der Waals surface area contributed by atoms with Gasteiger partial charge in [0.2, 0.25) is 5.91 Å². The Bertz CT molecular complexity index is 1030. The molecule has 3 rings (SSSR count). The van der Waals surface area contributed by atoms with Crippen LogP contribution in [0.2, 0.25) is 0 Å². The van der Waals surface area contributed by atoms with Gasteiger partial charge in [-0.15, -0.1) is 11.3 Å². The molecule has 0 aliphatic heterocycles. The van der Waals surface area contributed by atoms with E-state index in [1.807, 2.05) is 30.5 Å². The number of ether oxygens (including phenoxy) is 1. The van der Waals surface area contributed by atoms with Crippen molar-refractivity contribution < 1.29 is 22.7 Å². The second-order valence-corrected chi connectivity index (χ2v) is 7.53. The Kier molecular flexibility index (Phi) is 6.89. The molecule has 4 nitrogen and oxygen atoms in total. The van der Waals surface area contributed by atoms with E-state index in [2.05, 4.69) is 10.3 Å². The van der Waals surface area contributed by atoms with E-state index in [-0.39, 0.29) is 12.5 Å². The number of benzene rings is 2. The first kappa shape index (κ1) is 21.6. The third-order valence-electron chi connectivity index (χ3n) is 4.09. The van der Waals surface area contributed by atoms with E-state index in [4.69, 9.17) is 4.74 Å². The van der Waals surface area contributed by atoms with E-state index in [0.717, 1.165) is 28.4 Å². The third-order valence-corrected chi connectivity index (χ3v) is 4.91. The molecular formula is C22H19F3N2O2S. The number of nitrogens with zero attached hydrogens (tertiary/aromatic N) is 1. The Morgan fingerprint density at radius 2 is 1.97 bits per heavy atom. The van der Waals surface area contributed by atoms with Gasteiger partial charge in [-0.2, -0.15) is 13.2 Å². The molecule has 3 aromatic rings. The van der Waals surface area contributed by atoms with Crippen molar-refractivity contribution in [1.29, 1.82) is 0 Å². The van der Waals surface area contributed by atoms with Crippen LogP contribution >= 0.6 is 11.3 Å². The number of aryl methyl sites for hydroxylation is 1. The highest BCUT2D eigenvalue weighted by Gasteiger charge is 2.29. The summed E-state index contributed by atoms with van der Waals surface area (Å²) in [5.74, 6) is 0.312. The van der Waals surface area contributed by atoms with E-state index in [1.54, 1.807) is 23.5 Å². The standard InChI is InChI=1S/C22H19F3N2O2S/c1-15-27-19(14-30-15)13-29-20-4-2-3-16(11-20)7-10-21(28)26-12-17-5-8-18(9-6-17)22(23,24)25/h2-11,14H,12-13H2,1H3,(H,26,28)/b10-7+. The molecule has 0 radical (unpaired) electrons. The Balaban J connectivity index is 1.50. The maximum absolute atomic E-state index is 12.6. The normalized spacial score (nSPS) is 11.6. The molecule has 0 atom stereocenters. The zero-order chi connectivity index (χ0) is 21.6. The molecule has 156 valence electrons. The summed E-state index contributed by atoms with van der Waals surface area (Å²) in [5.41, 5.74) is 1.51. The lowest BCUT2D eigenvalue weighted by molar-refractivity contribution is -0.137. The molecule has 1 aromatic heterocycles. The van der Waals surface area contributed by atoms with Crippen LogP contribution in [0.5, 0.6) is 5.75 Å². The number of nitrogens with one attached hydrogen (secondary N) is 1. The average molecular weight is 432 g/mol. The summed E-state index contributed by atoms with van der Waals surface area (Å²) in [6, 6.07) is 12.0. The molecule has 30 heavy (non-hydrogen) atoms. The lowest BCUT2D eigenvalue weighted by Gasteiger charge is -2.08. The Morgan fingerprint density at radius 1 is 1.20 bits per heavy atom. The lowest BCUT2D eigenvalue weighted by atomic mass is 10.1. The van der Waals surface area contributed by atoms with Gasteiger partial charge in [-0.25, -0.2) is 4.98 Å². The minimum Gasteiger partial charge on any atom is -0.487 e. The van der Waals surface area contributed by atoms with Crippen LogP contribution in [-0.4, -0.2) is 10.9 Å². The van der Waals surface area contributed by atoms with Gasteiger partial charge in [0.25, 0.3) is 0 Å². The predicted molar refractivity (Wildman–Crippen MR) is 110 cm³/mol. The second-order valence-electron chi connectivity index (χ2n) is 6.46. The van der Waals surface area contributed by atoms with Gasteiger partial charge in [-0.05, 0) is 48.4 Å². The van der Waals surface area contributed by atoms with E-state index in [9.17, 15) is 18.0 Å². The molecule has 0 spiro atoms. The van der Waals surface area contributed by atoms with Crippen LogP contribution in [0.15, 0.2) is 60.0 Å². The SMILES string of the molecule is Cc1nc(COc2cccc(/C=C/C(=O)NCc3ccc(C(F)(F)F)cc3)c2)cs1. The number of alkyl halides is 3. The fourth-order valence-corrected chi connectivity index (χ4v) is 3.17. The smallest absolute Gasteiger partial charge is 0.416 e. The van der Waals surface area contributed by atoms with E-state index in [0.29, 0.717) is 17.9 Å². The maximum Gasteiger partial charge on any atom is 0.416 e. The van der Waals surface area contributed by atoms with Crippen molar-refractivity contribution in [2.45, 2.75) is 26.3 Å². The number of rotatable bonds is 7. The minimum absolute atomic E-state index is 0.136. The average Bonchev–Trinajstić information content (AvgIpc) is 3.14. The Morgan fingerprint density at radius 3 is 2.63 bits per heavy atom. The number of carbonyl (C=O) groups excluding carboxylic acids is 1. The van der Waals surface area contributed by atoms with Crippen LogP contribution in [0.4, 0.5) is 13.2 Å². The number of carbonyl (C=O) groups is 1. The molecule has 0 aliphatic rings. The number of hydrogen-bond acceptors (Lipinski definition) is 4. The quantitative estimate of drug-likeness (QED) is 0.510. The molecular weight excluding hydrogens is 413 g/mol. The summed E-state index contributed by atoms with van der Waals surface area (Å²) in [5, 5.41) is 5.57. The van der Waals surface area contributed by atoms with Crippen molar-refractivity contribution >= 4 is 23.3 Å². The molecule has 0 aliphatic carbocycles. The molecule has 1 amide bonds. The van der Waals surface area contributed by atoms with Crippen LogP contribution in [0.1, 0.15) is 27.4 Å². The molecule has 0 bridgehead atoms. The largest absolute Gasteiger partial charge is 0.487 e. The van der Waals surface area contributed by atoms with Crippen molar-refractivity contribution in [2.75, 3.05) is 0 Å². The second kappa shape index (κ2) is 9.58. The first-order valence-electron chi connectivity index (χ1n) is 9.05. The highest BCUT2D eigenvalue weighted by Crippen LogP contribution is 2.29. The van der Waals surface area contributed by atoms with Gasteiger partial charge < -0.3 is 10.1 Å². The molecule has 8 heteroatoms. The van der Waals surface area contributed by atoms with Crippen LogP contribution in [0, 0.1) is 6.92 Å². The van der Waals surface area contributed by atoms with Crippen molar-refractivity contribution in [1.82, 2.24) is 10.3 Å². The Labute approximate surface area is 176 Å². The topological polar surface area (TPSA) is 51.2 Å². The molecule has 1 heterocycles. The first-order chi connectivity index (χ1) is 14.3. The summed E-state index contributed by atoms with van der Waals surface area (Å²) in [6.45, 7) is 2.44. The first-order valence-corrected chi connectivity index (χ1v) is 9.93. The zero-order valence-electron chi connectivity index (χ0n) is 16.1. The van der Waals surface area contributed by atoms with Crippen LogP contribution < -0.4 is 10.1 Å². The van der Waals surface area contributed by atoms with Gasteiger partial charge in [0.05, 0.1) is 16.3 Å². The predicted octanol–water partition coefficient (Wildman–Crippen LogP) is 5.38. The number of amides is 1. The lowest BCUT2D eigenvalue weighted by Crippen LogP contribution is -2.20. The van der Waals surface area contributed by atoms with Gasteiger partial charge in [0, 0.05) is 18.0 Å². The molecule has 0 saturated carbocycles. The molecule has 1 N–H and O–H groups in total. The van der Waals surface area contributed by atoms with E-state index >= 15 is 0 Å². The molecule has 0 saturated heterocycles. The number of thiazole rings is 1. The monoisotopic (exact) mass is 432 g/mol. The molecule has 2 aromatic carbocycles. The van der Waals surface area contributed by atoms with Gasteiger partial charge in [-0.3, -0.25) is 4.79 Å². The number of aromatic nitrogens is 1.